The normalized spacial score (nSPS) is 13.2. The maximum absolute atomic E-state index is 12.6. The van der Waals surface area contributed by atoms with Crippen molar-refractivity contribution in [2.24, 2.45) is 0 Å². The van der Waals surface area contributed by atoms with Gasteiger partial charge in [-0.05, 0) is 35.1 Å². The van der Waals surface area contributed by atoms with Crippen LogP contribution in [0.5, 0.6) is 0 Å². The maximum atomic E-state index is 12.6. The van der Waals surface area contributed by atoms with Crippen molar-refractivity contribution in [2.45, 2.75) is 43.5 Å². The van der Waals surface area contributed by atoms with Crippen molar-refractivity contribution in [1.29, 1.82) is 0 Å². The van der Waals surface area contributed by atoms with Crippen molar-refractivity contribution in [3.05, 3.63) is 65.7 Å². The predicted octanol–water partition coefficient (Wildman–Crippen LogP) is 2.38. The molecule has 0 aliphatic carbocycles. The maximum Gasteiger partial charge on any atom is 0.261 e. The molecule has 1 amide bonds. The minimum atomic E-state index is -3.92. The van der Waals surface area contributed by atoms with Crippen molar-refractivity contribution in [3.63, 3.8) is 0 Å². The molecule has 0 saturated carbocycles. The number of hydrogen-bond donors (Lipinski definition) is 3. The second-order valence-electron chi connectivity index (χ2n) is 7.11. The number of benzene rings is 2. The minimum absolute atomic E-state index is 0.0642. The fraction of sp³-hybridized carbons (Fsp3) is 0.316. The summed E-state index contributed by atoms with van der Waals surface area (Å²) in [6.45, 7) is 6.11. The molecule has 6 nitrogen and oxygen atoms in total. The predicted molar refractivity (Wildman–Crippen MR) is 99.3 cm³/mol. The van der Waals surface area contributed by atoms with E-state index in [1.54, 1.807) is 36.4 Å². The summed E-state index contributed by atoms with van der Waals surface area (Å²) in [4.78, 5) is 12.0. The molecule has 0 spiro atoms. The zero-order valence-electron chi connectivity index (χ0n) is 15.1. The first-order valence-electron chi connectivity index (χ1n) is 8.24. The highest BCUT2D eigenvalue weighted by Gasteiger charge is 2.26. The van der Waals surface area contributed by atoms with Gasteiger partial charge in [0.2, 0.25) is 10.0 Å². The van der Waals surface area contributed by atoms with E-state index >= 15 is 0 Å². The Morgan fingerprint density at radius 3 is 2.12 bits per heavy atom. The summed E-state index contributed by atoms with van der Waals surface area (Å²) < 4.78 is 27.7. The molecular weight excluding hydrogens is 352 g/mol. The Bertz CT molecular complexity index is 841. The van der Waals surface area contributed by atoms with Gasteiger partial charge in [0.1, 0.15) is 6.04 Å². The fourth-order valence-electron chi connectivity index (χ4n) is 2.51. The van der Waals surface area contributed by atoms with E-state index in [0.717, 1.165) is 11.1 Å². The van der Waals surface area contributed by atoms with Crippen LogP contribution in [-0.2, 0) is 26.7 Å². The molecule has 0 fully saturated rings. The summed E-state index contributed by atoms with van der Waals surface area (Å²) in [5, 5.41) is 8.94. The number of hydrogen-bond acceptors (Lipinski definition) is 4. The zero-order chi connectivity index (χ0) is 19.4. The fourth-order valence-corrected chi connectivity index (χ4v) is 3.70. The smallest absolute Gasteiger partial charge is 0.261 e. The molecule has 3 N–H and O–H groups in total. The van der Waals surface area contributed by atoms with Crippen LogP contribution in [0, 0.1) is 0 Å². The monoisotopic (exact) mass is 376 g/mol. The Morgan fingerprint density at radius 1 is 1.04 bits per heavy atom. The Kier molecular flexibility index (Phi) is 6.17. The van der Waals surface area contributed by atoms with Gasteiger partial charge in [0.05, 0.1) is 4.90 Å². The number of amides is 1. The molecule has 2 rings (SSSR count). The van der Waals surface area contributed by atoms with E-state index in [2.05, 4.69) is 4.72 Å². The summed E-state index contributed by atoms with van der Waals surface area (Å²) in [6.07, 6.45) is 0.118. The van der Waals surface area contributed by atoms with Crippen LogP contribution in [0.3, 0.4) is 0 Å². The summed E-state index contributed by atoms with van der Waals surface area (Å²) in [5.41, 5.74) is 3.20. The van der Waals surface area contributed by atoms with Gasteiger partial charge in [-0.25, -0.2) is 13.9 Å². The van der Waals surface area contributed by atoms with Crippen LogP contribution in [-0.4, -0.2) is 25.6 Å². The van der Waals surface area contributed by atoms with E-state index in [1.165, 1.54) is 17.6 Å². The van der Waals surface area contributed by atoms with E-state index in [0.29, 0.717) is 0 Å². The molecule has 7 heteroatoms. The highest BCUT2D eigenvalue weighted by molar-refractivity contribution is 7.89. The van der Waals surface area contributed by atoms with Crippen LogP contribution in [0.4, 0.5) is 0 Å². The van der Waals surface area contributed by atoms with E-state index in [-0.39, 0.29) is 16.7 Å². The number of carbonyl (C=O) groups excluding carboxylic acids is 1. The number of rotatable bonds is 6. The first-order chi connectivity index (χ1) is 12.1. The van der Waals surface area contributed by atoms with Crippen LogP contribution in [0.15, 0.2) is 59.5 Å². The number of hydroxylamine groups is 1. The molecule has 0 saturated heterocycles. The van der Waals surface area contributed by atoms with Gasteiger partial charge >= 0.3 is 0 Å². The Balaban J connectivity index is 2.24. The molecule has 0 bridgehead atoms. The standard InChI is InChI=1S/C19H24N2O4S/c1-19(2,3)15-9-11-16(12-10-15)26(24,25)21-17(18(22)20-23)13-14-7-5-4-6-8-14/h4-12,17,21,23H,13H2,1-3H3,(H,20,22). The van der Waals surface area contributed by atoms with Crippen LogP contribution in [0.1, 0.15) is 31.9 Å². The average molecular weight is 376 g/mol. The largest absolute Gasteiger partial charge is 0.289 e. The van der Waals surface area contributed by atoms with E-state index in [4.69, 9.17) is 5.21 Å². The highest BCUT2D eigenvalue weighted by Crippen LogP contribution is 2.23. The third-order valence-electron chi connectivity index (χ3n) is 4.04. The second kappa shape index (κ2) is 7.99. The summed E-state index contributed by atoms with van der Waals surface area (Å²) in [6, 6.07) is 14.4. The lowest BCUT2D eigenvalue weighted by Gasteiger charge is -2.20. The van der Waals surface area contributed by atoms with E-state index in [9.17, 15) is 13.2 Å². The number of carbonyl (C=O) groups is 1. The van der Waals surface area contributed by atoms with Gasteiger partial charge in [-0.3, -0.25) is 10.0 Å². The van der Waals surface area contributed by atoms with Gasteiger partial charge in [0.25, 0.3) is 5.91 Å². The molecule has 1 unspecified atom stereocenters. The first kappa shape index (κ1) is 20.1. The van der Waals surface area contributed by atoms with Gasteiger partial charge in [0.15, 0.2) is 0 Å². The minimum Gasteiger partial charge on any atom is -0.289 e. The second-order valence-corrected chi connectivity index (χ2v) is 8.83. The lowest BCUT2D eigenvalue weighted by atomic mass is 9.87. The lowest BCUT2D eigenvalue weighted by Crippen LogP contribution is -2.47. The van der Waals surface area contributed by atoms with Crippen molar-refractivity contribution >= 4 is 15.9 Å². The molecule has 26 heavy (non-hydrogen) atoms. The van der Waals surface area contributed by atoms with Crippen LogP contribution >= 0.6 is 0 Å². The molecule has 0 aliphatic heterocycles. The van der Waals surface area contributed by atoms with E-state index in [1.807, 2.05) is 26.8 Å². The number of sulfonamides is 1. The summed E-state index contributed by atoms with van der Waals surface area (Å²) in [7, 11) is -3.92. The molecule has 140 valence electrons. The quantitative estimate of drug-likeness (QED) is 0.533. The third-order valence-corrected chi connectivity index (χ3v) is 5.52. The van der Waals surface area contributed by atoms with Crippen molar-refractivity contribution in [3.8, 4) is 0 Å². The first-order valence-corrected chi connectivity index (χ1v) is 9.72. The third kappa shape index (κ3) is 5.14. The van der Waals surface area contributed by atoms with Crippen molar-refractivity contribution in [2.75, 3.05) is 0 Å². The Morgan fingerprint density at radius 2 is 1.62 bits per heavy atom. The van der Waals surface area contributed by atoms with E-state index < -0.39 is 22.0 Å². The average Bonchev–Trinajstić information content (AvgIpc) is 2.60. The van der Waals surface area contributed by atoms with Gasteiger partial charge in [-0.1, -0.05) is 63.2 Å². The van der Waals surface area contributed by atoms with Gasteiger partial charge in [-0.15, -0.1) is 0 Å². The molecule has 0 aliphatic rings. The summed E-state index contributed by atoms with van der Waals surface area (Å²) in [5.74, 6) is -0.816. The molecule has 2 aromatic rings. The SMILES string of the molecule is CC(C)(C)c1ccc(S(=O)(=O)NC(Cc2ccccc2)C(=O)NO)cc1. The summed E-state index contributed by atoms with van der Waals surface area (Å²) >= 11 is 0. The molecule has 2 aromatic carbocycles. The molecular formula is C19H24N2O4S. The van der Waals surface area contributed by atoms with Gasteiger partial charge < -0.3 is 0 Å². The molecule has 0 heterocycles. The Labute approximate surface area is 154 Å². The Hall–Kier alpha value is -2.22. The van der Waals surface area contributed by atoms with Gasteiger partial charge in [-0.2, -0.15) is 4.72 Å². The lowest BCUT2D eigenvalue weighted by molar-refractivity contribution is -0.130. The molecule has 0 radical (unpaired) electrons. The van der Waals surface area contributed by atoms with Crippen LogP contribution < -0.4 is 10.2 Å². The zero-order valence-corrected chi connectivity index (χ0v) is 15.9. The van der Waals surface area contributed by atoms with Crippen molar-refractivity contribution in [1.82, 2.24) is 10.2 Å². The van der Waals surface area contributed by atoms with Crippen molar-refractivity contribution < 1.29 is 18.4 Å². The topological polar surface area (TPSA) is 95.5 Å². The highest BCUT2D eigenvalue weighted by atomic mass is 32.2. The van der Waals surface area contributed by atoms with Gasteiger partial charge in [0, 0.05) is 0 Å². The van der Waals surface area contributed by atoms with Crippen LogP contribution in [0.25, 0.3) is 0 Å². The van der Waals surface area contributed by atoms with Crippen LogP contribution in [0.2, 0.25) is 0 Å². The molecule has 0 aromatic heterocycles. The number of nitrogens with one attached hydrogen (secondary N) is 2. The molecule has 1 atom stereocenters.